The van der Waals surface area contributed by atoms with Crippen LogP contribution in [0.15, 0.2) is 40.4 Å². The molecule has 0 unspecified atom stereocenters. The average molecular weight is 386 g/mol. The minimum Gasteiger partial charge on any atom is -0.481 e. The fraction of sp³-hybridized carbons (Fsp3) is 0.214. The van der Waals surface area contributed by atoms with Crippen molar-refractivity contribution >= 4 is 33.5 Å². The number of oxime groups is 1. The van der Waals surface area contributed by atoms with Crippen molar-refractivity contribution in [1.82, 2.24) is 14.7 Å². The summed E-state index contributed by atoms with van der Waals surface area (Å²) in [6, 6.07) is 7.62. The highest BCUT2D eigenvalue weighted by molar-refractivity contribution is 7.90. The van der Waals surface area contributed by atoms with E-state index in [1.54, 1.807) is 25.1 Å². The molecule has 0 aliphatic rings. The van der Waals surface area contributed by atoms with Crippen LogP contribution in [0, 0.1) is 6.92 Å². The first kappa shape index (κ1) is 18.7. The molecule has 2 aromatic rings. The molecule has 25 heavy (non-hydrogen) atoms. The molecule has 134 valence electrons. The zero-order chi connectivity index (χ0) is 18.4. The number of guanidine groups is 1. The van der Waals surface area contributed by atoms with Gasteiger partial charge >= 0.3 is 0 Å². The lowest BCUT2D eigenvalue weighted by Crippen LogP contribution is -2.36. The Morgan fingerprint density at radius 3 is 2.60 bits per heavy atom. The SMILES string of the molecule is CON=C(Nc1nc(C)cc(OC)n1)NS(=O)(=O)c1ccccc1Cl. The standard InChI is InChI=1S/C14H16ClN5O4S/c1-9-8-12(23-2)17-13(16-9)18-14(19-24-3)20-25(21,22)11-7-5-4-6-10(11)15/h4-8H,1-3H3,(H2,16,17,18,19,20). The van der Waals surface area contributed by atoms with Crippen molar-refractivity contribution in [3.05, 3.63) is 41.0 Å². The van der Waals surface area contributed by atoms with Gasteiger partial charge in [0.1, 0.15) is 12.0 Å². The molecule has 0 saturated heterocycles. The van der Waals surface area contributed by atoms with Crippen molar-refractivity contribution < 1.29 is 18.0 Å². The minimum absolute atomic E-state index is 0.0697. The molecule has 0 spiro atoms. The zero-order valence-electron chi connectivity index (χ0n) is 13.6. The number of ether oxygens (including phenoxy) is 1. The molecule has 2 rings (SSSR count). The first-order valence-electron chi connectivity index (χ1n) is 6.91. The number of benzene rings is 1. The molecular formula is C14H16ClN5O4S. The van der Waals surface area contributed by atoms with Crippen LogP contribution in [0.3, 0.4) is 0 Å². The van der Waals surface area contributed by atoms with Crippen LogP contribution in [-0.4, -0.2) is 38.6 Å². The molecule has 0 bridgehead atoms. The molecule has 0 radical (unpaired) electrons. The number of nitrogens with one attached hydrogen (secondary N) is 2. The molecule has 2 N–H and O–H groups in total. The number of anilines is 1. The van der Waals surface area contributed by atoms with Gasteiger partial charge in [-0.15, -0.1) is 0 Å². The van der Waals surface area contributed by atoms with E-state index in [2.05, 4.69) is 30.0 Å². The van der Waals surface area contributed by atoms with Gasteiger partial charge in [0, 0.05) is 11.8 Å². The molecular weight excluding hydrogens is 370 g/mol. The van der Waals surface area contributed by atoms with Crippen LogP contribution in [0.5, 0.6) is 5.88 Å². The Bertz CT molecular complexity index is 889. The monoisotopic (exact) mass is 385 g/mol. The predicted octanol–water partition coefficient (Wildman–Crippen LogP) is 1.75. The second kappa shape index (κ2) is 7.99. The molecule has 0 amide bonds. The maximum atomic E-state index is 12.5. The molecule has 9 nitrogen and oxygen atoms in total. The number of aromatic nitrogens is 2. The summed E-state index contributed by atoms with van der Waals surface area (Å²) in [4.78, 5) is 12.7. The molecule has 0 atom stereocenters. The molecule has 0 aliphatic carbocycles. The third kappa shape index (κ3) is 4.94. The zero-order valence-corrected chi connectivity index (χ0v) is 15.2. The van der Waals surface area contributed by atoms with E-state index in [1.807, 2.05) is 0 Å². The maximum Gasteiger partial charge on any atom is 0.265 e. The highest BCUT2D eigenvalue weighted by Crippen LogP contribution is 2.20. The molecule has 0 fully saturated rings. The van der Waals surface area contributed by atoms with Crippen LogP contribution in [-0.2, 0) is 14.9 Å². The van der Waals surface area contributed by atoms with Crippen molar-refractivity contribution in [2.45, 2.75) is 11.8 Å². The van der Waals surface area contributed by atoms with Gasteiger partial charge in [0.2, 0.25) is 11.8 Å². The first-order chi connectivity index (χ1) is 11.9. The van der Waals surface area contributed by atoms with Crippen LogP contribution in [0.25, 0.3) is 0 Å². The number of hydrogen-bond donors (Lipinski definition) is 2. The molecule has 11 heteroatoms. The Labute approximate surface area is 150 Å². The number of rotatable bonds is 5. The van der Waals surface area contributed by atoms with E-state index >= 15 is 0 Å². The van der Waals surface area contributed by atoms with E-state index < -0.39 is 10.0 Å². The largest absolute Gasteiger partial charge is 0.481 e. The molecule has 0 aliphatic heterocycles. The van der Waals surface area contributed by atoms with Crippen LogP contribution in [0.2, 0.25) is 5.02 Å². The summed E-state index contributed by atoms with van der Waals surface area (Å²) < 4.78 is 32.2. The first-order valence-corrected chi connectivity index (χ1v) is 8.77. The summed E-state index contributed by atoms with van der Waals surface area (Å²) in [5, 5.41) is 6.30. The maximum absolute atomic E-state index is 12.5. The van der Waals surface area contributed by atoms with E-state index in [0.29, 0.717) is 11.6 Å². The summed E-state index contributed by atoms with van der Waals surface area (Å²) in [5.74, 6) is 0.144. The topological polar surface area (TPSA) is 115 Å². The van der Waals surface area contributed by atoms with Crippen molar-refractivity contribution in [1.29, 1.82) is 0 Å². The van der Waals surface area contributed by atoms with Crippen LogP contribution < -0.4 is 14.8 Å². The fourth-order valence-electron chi connectivity index (χ4n) is 1.81. The van der Waals surface area contributed by atoms with E-state index in [1.165, 1.54) is 26.4 Å². The van der Waals surface area contributed by atoms with E-state index in [-0.39, 0.29) is 21.8 Å². The number of aryl methyl sites for hydroxylation is 1. The smallest absolute Gasteiger partial charge is 0.265 e. The fourth-order valence-corrected chi connectivity index (χ4v) is 3.28. The van der Waals surface area contributed by atoms with E-state index in [9.17, 15) is 8.42 Å². The molecule has 1 aromatic carbocycles. The van der Waals surface area contributed by atoms with Gasteiger partial charge in [0.25, 0.3) is 16.0 Å². The Hall–Kier alpha value is -2.59. The Morgan fingerprint density at radius 2 is 1.96 bits per heavy atom. The predicted molar refractivity (Wildman–Crippen MR) is 93.2 cm³/mol. The number of sulfonamides is 1. The van der Waals surface area contributed by atoms with E-state index in [0.717, 1.165) is 0 Å². The van der Waals surface area contributed by atoms with Crippen LogP contribution in [0.4, 0.5) is 5.95 Å². The van der Waals surface area contributed by atoms with Crippen LogP contribution in [0.1, 0.15) is 5.69 Å². The lowest BCUT2D eigenvalue weighted by atomic mass is 10.4. The van der Waals surface area contributed by atoms with Gasteiger partial charge in [-0.25, -0.2) is 18.1 Å². The summed E-state index contributed by atoms with van der Waals surface area (Å²) in [6.07, 6.45) is 0. The average Bonchev–Trinajstić information content (AvgIpc) is 2.54. The Morgan fingerprint density at radius 1 is 1.24 bits per heavy atom. The highest BCUT2D eigenvalue weighted by Gasteiger charge is 2.20. The highest BCUT2D eigenvalue weighted by atomic mass is 35.5. The van der Waals surface area contributed by atoms with Crippen LogP contribution >= 0.6 is 11.6 Å². The van der Waals surface area contributed by atoms with Gasteiger partial charge in [-0.3, -0.25) is 5.32 Å². The minimum atomic E-state index is -4.00. The van der Waals surface area contributed by atoms with Crippen molar-refractivity contribution in [3.8, 4) is 5.88 Å². The molecule has 1 heterocycles. The molecule has 1 aromatic heterocycles. The van der Waals surface area contributed by atoms with E-state index in [4.69, 9.17) is 16.3 Å². The number of halogens is 1. The molecule has 0 saturated carbocycles. The third-order valence-corrected chi connectivity index (χ3v) is 4.65. The van der Waals surface area contributed by atoms with Crippen molar-refractivity contribution in [2.75, 3.05) is 19.5 Å². The number of hydrogen-bond acceptors (Lipinski definition) is 7. The normalized spacial score (nSPS) is 11.8. The van der Waals surface area contributed by atoms with Gasteiger partial charge < -0.3 is 9.57 Å². The summed E-state index contributed by atoms with van der Waals surface area (Å²) in [7, 11) is -1.28. The second-order valence-corrected chi connectivity index (χ2v) is 6.72. The van der Waals surface area contributed by atoms with Gasteiger partial charge in [-0.1, -0.05) is 23.7 Å². The summed E-state index contributed by atoms with van der Waals surface area (Å²) in [6.45, 7) is 1.73. The number of methoxy groups -OCH3 is 1. The quantitative estimate of drug-likeness (QED) is 0.457. The van der Waals surface area contributed by atoms with Gasteiger partial charge in [0.05, 0.1) is 12.1 Å². The second-order valence-electron chi connectivity index (χ2n) is 4.66. The Balaban J connectivity index is 2.29. The van der Waals surface area contributed by atoms with Crippen molar-refractivity contribution in [2.24, 2.45) is 5.16 Å². The van der Waals surface area contributed by atoms with Gasteiger partial charge in [-0.2, -0.15) is 4.98 Å². The Kier molecular flexibility index (Phi) is 5.99. The van der Waals surface area contributed by atoms with Crippen molar-refractivity contribution in [3.63, 3.8) is 0 Å². The summed E-state index contributed by atoms with van der Waals surface area (Å²) >= 11 is 5.94. The summed E-state index contributed by atoms with van der Waals surface area (Å²) in [5.41, 5.74) is 0.611. The van der Waals surface area contributed by atoms with Gasteiger partial charge in [0.15, 0.2) is 0 Å². The third-order valence-electron chi connectivity index (χ3n) is 2.81. The lowest BCUT2D eigenvalue weighted by molar-refractivity contribution is 0.212. The number of nitrogens with zero attached hydrogens (tertiary/aromatic N) is 3. The lowest BCUT2D eigenvalue weighted by Gasteiger charge is -2.12. The van der Waals surface area contributed by atoms with Gasteiger partial charge in [-0.05, 0) is 24.2 Å².